The van der Waals surface area contributed by atoms with E-state index in [1.54, 1.807) is 4.90 Å². The summed E-state index contributed by atoms with van der Waals surface area (Å²) in [5.41, 5.74) is -0.568. The molecule has 20 heavy (non-hydrogen) atoms. The minimum Gasteiger partial charge on any atom is -0.372 e. The van der Waals surface area contributed by atoms with Crippen LogP contribution < -0.4 is 5.56 Å². The molecule has 1 fully saturated rings. The molecule has 2 rings (SSSR count). The number of carbonyl (C=O) groups excluding carboxylic acids is 1. The third-order valence-corrected chi connectivity index (χ3v) is 3.75. The monoisotopic (exact) mass is 319 g/mol. The van der Waals surface area contributed by atoms with Crippen molar-refractivity contribution in [3.63, 3.8) is 0 Å². The first-order valence-electron chi connectivity index (χ1n) is 6.23. The van der Waals surface area contributed by atoms with Gasteiger partial charge < -0.3 is 9.64 Å². The average Bonchev–Trinajstić information content (AvgIpc) is 2.38. The van der Waals surface area contributed by atoms with Crippen molar-refractivity contribution in [3.05, 3.63) is 26.6 Å². The van der Waals surface area contributed by atoms with Gasteiger partial charge in [0.05, 0.1) is 23.4 Å². The summed E-state index contributed by atoms with van der Waals surface area (Å²) < 4.78 is 6.57. The van der Waals surface area contributed by atoms with E-state index in [4.69, 9.17) is 27.9 Å². The van der Waals surface area contributed by atoms with Crippen LogP contribution in [0, 0.1) is 0 Å². The number of morpholine rings is 1. The summed E-state index contributed by atoms with van der Waals surface area (Å²) in [5, 5.41) is 3.77. The number of halogens is 2. The average molecular weight is 320 g/mol. The molecule has 1 aromatic heterocycles. The van der Waals surface area contributed by atoms with E-state index < -0.39 is 5.56 Å². The fraction of sp³-hybridized carbons (Fsp3) is 0.583. The molecular weight excluding hydrogens is 305 g/mol. The zero-order chi connectivity index (χ0) is 14.9. The van der Waals surface area contributed by atoms with Crippen LogP contribution in [0.25, 0.3) is 0 Å². The molecule has 1 aliphatic rings. The molecule has 0 spiro atoms. The van der Waals surface area contributed by atoms with Crippen LogP contribution in [0.5, 0.6) is 0 Å². The van der Waals surface area contributed by atoms with E-state index in [1.807, 2.05) is 13.8 Å². The van der Waals surface area contributed by atoms with Crippen LogP contribution in [0.1, 0.15) is 13.8 Å². The fourth-order valence-electron chi connectivity index (χ4n) is 2.17. The third kappa shape index (κ3) is 3.31. The number of rotatable bonds is 2. The Morgan fingerprint density at radius 3 is 2.60 bits per heavy atom. The minimum absolute atomic E-state index is 0.0267. The molecule has 1 amide bonds. The third-order valence-electron chi connectivity index (χ3n) is 3.00. The van der Waals surface area contributed by atoms with Gasteiger partial charge in [-0.2, -0.15) is 5.10 Å². The molecule has 6 nitrogen and oxygen atoms in total. The largest absolute Gasteiger partial charge is 0.372 e. The molecular formula is C12H15Cl2N3O3. The molecule has 0 unspecified atom stereocenters. The van der Waals surface area contributed by atoms with Crippen LogP contribution in [0.15, 0.2) is 11.0 Å². The first-order valence-corrected chi connectivity index (χ1v) is 6.98. The molecule has 0 N–H and O–H groups in total. The first-order chi connectivity index (χ1) is 9.38. The van der Waals surface area contributed by atoms with Gasteiger partial charge >= 0.3 is 0 Å². The van der Waals surface area contributed by atoms with Gasteiger partial charge in [-0.1, -0.05) is 23.2 Å². The quantitative estimate of drug-likeness (QED) is 0.821. The molecule has 1 saturated heterocycles. The predicted octanol–water partition coefficient (Wildman–Crippen LogP) is 1.19. The van der Waals surface area contributed by atoms with E-state index in [1.165, 1.54) is 6.20 Å². The molecule has 0 radical (unpaired) electrons. The maximum atomic E-state index is 12.2. The van der Waals surface area contributed by atoms with Crippen molar-refractivity contribution in [2.24, 2.45) is 0 Å². The van der Waals surface area contributed by atoms with Gasteiger partial charge in [0.2, 0.25) is 5.91 Å². The molecule has 8 heteroatoms. The Balaban J connectivity index is 2.12. The topological polar surface area (TPSA) is 64.4 Å². The number of hydrogen-bond acceptors (Lipinski definition) is 4. The lowest BCUT2D eigenvalue weighted by Gasteiger charge is -2.35. The van der Waals surface area contributed by atoms with E-state index in [-0.39, 0.29) is 34.7 Å². The van der Waals surface area contributed by atoms with Gasteiger partial charge in [-0.3, -0.25) is 9.59 Å². The first kappa shape index (κ1) is 15.3. The van der Waals surface area contributed by atoms with Crippen LogP contribution in [-0.4, -0.2) is 45.9 Å². The van der Waals surface area contributed by atoms with E-state index in [0.29, 0.717) is 13.1 Å². The molecule has 1 aromatic rings. The lowest BCUT2D eigenvalue weighted by Crippen LogP contribution is -2.49. The lowest BCUT2D eigenvalue weighted by atomic mass is 10.2. The van der Waals surface area contributed by atoms with Crippen LogP contribution >= 0.6 is 23.2 Å². The van der Waals surface area contributed by atoms with Gasteiger partial charge in [0, 0.05) is 13.1 Å². The Morgan fingerprint density at radius 2 is 2.00 bits per heavy atom. The molecule has 0 bridgehead atoms. The van der Waals surface area contributed by atoms with Crippen molar-refractivity contribution in [2.75, 3.05) is 13.1 Å². The summed E-state index contributed by atoms with van der Waals surface area (Å²) >= 11 is 11.4. The van der Waals surface area contributed by atoms with Gasteiger partial charge in [-0.05, 0) is 13.8 Å². The van der Waals surface area contributed by atoms with Crippen LogP contribution in [-0.2, 0) is 16.1 Å². The second-order valence-corrected chi connectivity index (χ2v) is 5.61. The summed E-state index contributed by atoms with van der Waals surface area (Å²) in [6.07, 6.45) is 1.20. The Kier molecular flexibility index (Phi) is 4.67. The SMILES string of the molecule is C[C@@H]1CN(C(=O)Cn2ncc(Cl)c(Cl)c2=O)C[C@H](C)O1. The van der Waals surface area contributed by atoms with Gasteiger partial charge in [0.15, 0.2) is 0 Å². The number of ether oxygens (including phenoxy) is 1. The molecule has 0 aliphatic carbocycles. The fourth-order valence-corrected chi connectivity index (χ4v) is 2.44. The number of hydrogen-bond donors (Lipinski definition) is 0. The second-order valence-electron chi connectivity index (χ2n) is 4.83. The Morgan fingerprint density at radius 1 is 1.40 bits per heavy atom. The second kappa shape index (κ2) is 6.11. The summed E-state index contributed by atoms with van der Waals surface area (Å²) in [6, 6.07) is 0. The molecule has 0 aromatic carbocycles. The molecule has 2 atom stereocenters. The summed E-state index contributed by atoms with van der Waals surface area (Å²) in [5.74, 6) is -0.194. The lowest BCUT2D eigenvalue weighted by molar-refractivity contribution is -0.144. The number of aromatic nitrogens is 2. The van der Waals surface area contributed by atoms with E-state index >= 15 is 0 Å². The number of nitrogens with zero attached hydrogens (tertiary/aromatic N) is 3. The van der Waals surface area contributed by atoms with Gasteiger partial charge in [0.1, 0.15) is 11.6 Å². The van der Waals surface area contributed by atoms with Crippen molar-refractivity contribution in [1.29, 1.82) is 0 Å². The molecule has 1 aliphatic heterocycles. The highest BCUT2D eigenvalue weighted by atomic mass is 35.5. The summed E-state index contributed by atoms with van der Waals surface area (Å²) in [6.45, 7) is 4.65. The number of carbonyl (C=O) groups is 1. The zero-order valence-electron chi connectivity index (χ0n) is 11.2. The van der Waals surface area contributed by atoms with Gasteiger partial charge in [0.25, 0.3) is 5.56 Å². The predicted molar refractivity (Wildman–Crippen MR) is 75.1 cm³/mol. The Labute approximate surface area is 126 Å². The standard InChI is InChI=1S/C12H15Cl2N3O3/c1-7-4-16(5-8(2)20-7)10(18)6-17-12(19)11(14)9(13)3-15-17/h3,7-8H,4-6H2,1-2H3/t7-,8+. The smallest absolute Gasteiger partial charge is 0.287 e. The van der Waals surface area contributed by atoms with Crippen molar-refractivity contribution in [2.45, 2.75) is 32.6 Å². The van der Waals surface area contributed by atoms with Crippen molar-refractivity contribution >= 4 is 29.1 Å². The highest BCUT2D eigenvalue weighted by molar-refractivity contribution is 6.41. The Hall–Kier alpha value is -1.11. The molecule has 0 saturated carbocycles. The van der Waals surface area contributed by atoms with Gasteiger partial charge in [-0.25, -0.2) is 4.68 Å². The number of amides is 1. The van der Waals surface area contributed by atoms with Gasteiger partial charge in [-0.15, -0.1) is 0 Å². The highest BCUT2D eigenvalue weighted by Crippen LogP contribution is 2.15. The highest BCUT2D eigenvalue weighted by Gasteiger charge is 2.26. The maximum Gasteiger partial charge on any atom is 0.287 e. The Bertz CT molecular complexity index is 566. The van der Waals surface area contributed by atoms with E-state index in [0.717, 1.165) is 4.68 Å². The van der Waals surface area contributed by atoms with E-state index in [9.17, 15) is 9.59 Å². The minimum atomic E-state index is -0.568. The molecule has 2 heterocycles. The van der Waals surface area contributed by atoms with Crippen molar-refractivity contribution < 1.29 is 9.53 Å². The zero-order valence-corrected chi connectivity index (χ0v) is 12.7. The van der Waals surface area contributed by atoms with Crippen LogP contribution in [0.2, 0.25) is 10.0 Å². The normalized spacial score (nSPS) is 22.9. The van der Waals surface area contributed by atoms with Crippen LogP contribution in [0.3, 0.4) is 0 Å². The van der Waals surface area contributed by atoms with Crippen molar-refractivity contribution in [3.8, 4) is 0 Å². The summed E-state index contributed by atoms with van der Waals surface area (Å²) in [7, 11) is 0. The maximum absolute atomic E-state index is 12.2. The van der Waals surface area contributed by atoms with Crippen molar-refractivity contribution in [1.82, 2.24) is 14.7 Å². The molecule has 110 valence electrons. The van der Waals surface area contributed by atoms with E-state index in [2.05, 4.69) is 5.10 Å². The summed E-state index contributed by atoms with van der Waals surface area (Å²) in [4.78, 5) is 25.7. The van der Waals surface area contributed by atoms with Crippen LogP contribution in [0.4, 0.5) is 0 Å².